The third-order valence-electron chi connectivity index (χ3n) is 3.33. The summed E-state index contributed by atoms with van der Waals surface area (Å²) in [4.78, 5) is 2.40. The van der Waals surface area contributed by atoms with Crippen molar-refractivity contribution < 1.29 is 5.11 Å². The number of piperazine rings is 1. The van der Waals surface area contributed by atoms with Crippen molar-refractivity contribution in [1.29, 1.82) is 0 Å². The molecule has 1 atom stereocenters. The molecule has 1 aromatic rings. The molecule has 1 fully saturated rings. The standard InChI is InChI=1S/C14H19BrN2O/c1-2-3-13(17-8-6-16-7-9-17)12-10-11(15)4-5-14(12)18/h2,4-5,10,13,16,18H,1,3,6-9H2/t13-/m0/s1. The van der Waals surface area contributed by atoms with E-state index in [-0.39, 0.29) is 6.04 Å². The number of aromatic hydroxyl groups is 1. The van der Waals surface area contributed by atoms with Crippen LogP contribution in [0, 0.1) is 0 Å². The summed E-state index contributed by atoms with van der Waals surface area (Å²) < 4.78 is 1.000. The van der Waals surface area contributed by atoms with Gasteiger partial charge in [-0.15, -0.1) is 6.58 Å². The lowest BCUT2D eigenvalue weighted by atomic mass is 10.00. The lowest BCUT2D eigenvalue weighted by Crippen LogP contribution is -2.45. The molecule has 0 unspecified atom stereocenters. The van der Waals surface area contributed by atoms with Gasteiger partial charge in [-0.1, -0.05) is 22.0 Å². The Kier molecular flexibility index (Phi) is 4.80. The number of hydrogen-bond donors (Lipinski definition) is 2. The molecule has 0 radical (unpaired) electrons. The highest BCUT2D eigenvalue weighted by molar-refractivity contribution is 9.10. The van der Waals surface area contributed by atoms with E-state index in [2.05, 4.69) is 32.7 Å². The molecule has 0 saturated carbocycles. The Bertz CT molecular complexity index is 416. The number of phenols is 1. The van der Waals surface area contributed by atoms with Gasteiger partial charge in [0, 0.05) is 42.3 Å². The molecular formula is C14H19BrN2O. The minimum absolute atomic E-state index is 0.210. The zero-order valence-corrected chi connectivity index (χ0v) is 12.0. The molecule has 1 saturated heterocycles. The zero-order chi connectivity index (χ0) is 13.0. The Labute approximate surface area is 117 Å². The Balaban J connectivity index is 2.27. The van der Waals surface area contributed by atoms with Crippen LogP contribution >= 0.6 is 15.9 Å². The Morgan fingerprint density at radius 2 is 2.17 bits per heavy atom. The number of halogens is 1. The van der Waals surface area contributed by atoms with Crippen molar-refractivity contribution >= 4 is 15.9 Å². The first-order chi connectivity index (χ1) is 8.72. The first-order valence-corrected chi connectivity index (χ1v) is 7.05. The summed E-state index contributed by atoms with van der Waals surface area (Å²) in [6.07, 6.45) is 2.77. The van der Waals surface area contributed by atoms with Crippen molar-refractivity contribution in [1.82, 2.24) is 10.2 Å². The molecule has 0 aliphatic carbocycles. The van der Waals surface area contributed by atoms with Gasteiger partial charge in [0.25, 0.3) is 0 Å². The lowest BCUT2D eigenvalue weighted by Gasteiger charge is -2.35. The molecule has 0 amide bonds. The van der Waals surface area contributed by atoms with Crippen LogP contribution in [0.15, 0.2) is 35.3 Å². The van der Waals surface area contributed by atoms with Crippen LogP contribution in [0.4, 0.5) is 0 Å². The molecule has 2 rings (SSSR count). The van der Waals surface area contributed by atoms with Crippen LogP contribution in [0.1, 0.15) is 18.0 Å². The summed E-state index contributed by atoms with van der Waals surface area (Å²) in [5, 5.41) is 13.4. The highest BCUT2D eigenvalue weighted by Gasteiger charge is 2.23. The topological polar surface area (TPSA) is 35.5 Å². The maximum absolute atomic E-state index is 10.1. The van der Waals surface area contributed by atoms with E-state index in [0.717, 1.165) is 42.6 Å². The molecule has 1 aliphatic rings. The molecule has 98 valence electrons. The number of hydrogen-bond acceptors (Lipinski definition) is 3. The summed E-state index contributed by atoms with van der Waals surface area (Å²) in [6.45, 7) is 7.85. The van der Waals surface area contributed by atoms with Gasteiger partial charge in [0.2, 0.25) is 0 Å². The van der Waals surface area contributed by atoms with Crippen LogP contribution in [-0.4, -0.2) is 36.2 Å². The minimum Gasteiger partial charge on any atom is -0.508 e. The Morgan fingerprint density at radius 3 is 2.83 bits per heavy atom. The van der Waals surface area contributed by atoms with Gasteiger partial charge in [0.15, 0.2) is 0 Å². The highest BCUT2D eigenvalue weighted by atomic mass is 79.9. The van der Waals surface area contributed by atoms with Crippen molar-refractivity contribution in [3.05, 3.63) is 40.9 Å². The predicted molar refractivity (Wildman–Crippen MR) is 77.8 cm³/mol. The van der Waals surface area contributed by atoms with E-state index in [0.29, 0.717) is 5.75 Å². The van der Waals surface area contributed by atoms with Crippen molar-refractivity contribution in [3.63, 3.8) is 0 Å². The van der Waals surface area contributed by atoms with Crippen LogP contribution in [0.3, 0.4) is 0 Å². The van der Waals surface area contributed by atoms with E-state index < -0.39 is 0 Å². The summed E-state index contributed by atoms with van der Waals surface area (Å²) in [6, 6.07) is 5.83. The number of nitrogens with zero attached hydrogens (tertiary/aromatic N) is 1. The number of nitrogens with one attached hydrogen (secondary N) is 1. The SMILES string of the molecule is C=CC[C@@H](c1cc(Br)ccc1O)N1CCNCC1. The smallest absolute Gasteiger partial charge is 0.120 e. The van der Waals surface area contributed by atoms with E-state index in [1.165, 1.54) is 0 Å². The average molecular weight is 311 g/mol. The molecule has 0 spiro atoms. The normalized spacial score (nSPS) is 18.5. The molecule has 4 heteroatoms. The minimum atomic E-state index is 0.210. The van der Waals surface area contributed by atoms with Crippen LogP contribution in [-0.2, 0) is 0 Å². The van der Waals surface area contributed by atoms with Gasteiger partial charge in [-0.3, -0.25) is 4.90 Å². The van der Waals surface area contributed by atoms with Gasteiger partial charge in [0.1, 0.15) is 5.75 Å². The second-order valence-corrected chi connectivity index (χ2v) is 5.44. The number of benzene rings is 1. The predicted octanol–water partition coefficient (Wildman–Crippen LogP) is 2.68. The Morgan fingerprint density at radius 1 is 1.44 bits per heavy atom. The monoisotopic (exact) mass is 310 g/mol. The molecular weight excluding hydrogens is 292 g/mol. The van der Waals surface area contributed by atoms with Gasteiger partial charge < -0.3 is 10.4 Å². The maximum atomic E-state index is 10.1. The first-order valence-electron chi connectivity index (χ1n) is 6.26. The highest BCUT2D eigenvalue weighted by Crippen LogP contribution is 2.33. The van der Waals surface area contributed by atoms with Crippen molar-refractivity contribution in [3.8, 4) is 5.75 Å². The van der Waals surface area contributed by atoms with E-state index in [4.69, 9.17) is 0 Å². The third kappa shape index (κ3) is 3.13. The number of rotatable bonds is 4. The van der Waals surface area contributed by atoms with E-state index in [1.807, 2.05) is 18.2 Å². The molecule has 0 aromatic heterocycles. The fourth-order valence-electron chi connectivity index (χ4n) is 2.42. The molecule has 18 heavy (non-hydrogen) atoms. The number of phenolic OH excluding ortho intramolecular Hbond substituents is 1. The van der Waals surface area contributed by atoms with Gasteiger partial charge in [0.05, 0.1) is 0 Å². The molecule has 3 nitrogen and oxygen atoms in total. The van der Waals surface area contributed by atoms with Crippen molar-refractivity contribution in [2.45, 2.75) is 12.5 Å². The lowest BCUT2D eigenvalue weighted by molar-refractivity contribution is 0.172. The zero-order valence-electron chi connectivity index (χ0n) is 10.4. The van der Waals surface area contributed by atoms with Gasteiger partial charge in [-0.2, -0.15) is 0 Å². The molecule has 1 heterocycles. The van der Waals surface area contributed by atoms with Crippen LogP contribution in [0.5, 0.6) is 5.75 Å². The second kappa shape index (κ2) is 6.36. The van der Waals surface area contributed by atoms with Gasteiger partial charge in [-0.05, 0) is 24.6 Å². The van der Waals surface area contributed by atoms with E-state index in [1.54, 1.807) is 6.07 Å². The molecule has 2 N–H and O–H groups in total. The molecule has 1 aliphatic heterocycles. The van der Waals surface area contributed by atoms with E-state index in [9.17, 15) is 5.11 Å². The molecule has 0 bridgehead atoms. The fourth-order valence-corrected chi connectivity index (χ4v) is 2.80. The summed E-state index contributed by atoms with van der Waals surface area (Å²) >= 11 is 3.47. The average Bonchev–Trinajstić information content (AvgIpc) is 2.40. The summed E-state index contributed by atoms with van der Waals surface area (Å²) in [5.74, 6) is 0.364. The quantitative estimate of drug-likeness (QED) is 0.839. The van der Waals surface area contributed by atoms with E-state index >= 15 is 0 Å². The first kappa shape index (κ1) is 13.6. The maximum Gasteiger partial charge on any atom is 0.120 e. The van der Waals surface area contributed by atoms with Crippen molar-refractivity contribution in [2.75, 3.05) is 26.2 Å². The van der Waals surface area contributed by atoms with Crippen LogP contribution < -0.4 is 5.32 Å². The van der Waals surface area contributed by atoms with Crippen LogP contribution in [0.25, 0.3) is 0 Å². The Hall–Kier alpha value is -0.840. The largest absolute Gasteiger partial charge is 0.508 e. The summed E-state index contributed by atoms with van der Waals surface area (Å²) in [5.41, 5.74) is 0.978. The van der Waals surface area contributed by atoms with Gasteiger partial charge in [-0.25, -0.2) is 0 Å². The van der Waals surface area contributed by atoms with Crippen molar-refractivity contribution in [2.24, 2.45) is 0 Å². The molecule has 1 aromatic carbocycles. The van der Waals surface area contributed by atoms with Gasteiger partial charge >= 0.3 is 0 Å². The second-order valence-electron chi connectivity index (χ2n) is 4.53. The summed E-state index contributed by atoms with van der Waals surface area (Å²) in [7, 11) is 0. The van der Waals surface area contributed by atoms with Crippen LogP contribution in [0.2, 0.25) is 0 Å². The third-order valence-corrected chi connectivity index (χ3v) is 3.82. The fraction of sp³-hybridized carbons (Fsp3) is 0.429.